The Morgan fingerprint density at radius 1 is 1.60 bits per heavy atom. The van der Waals surface area contributed by atoms with E-state index >= 15 is 0 Å². The SMILES string of the molecule is CC(C)(C)CC(CO)NC(=O)C1CCn2ccnc2C1. The molecule has 2 atom stereocenters. The number of hydrogen-bond acceptors (Lipinski definition) is 3. The number of aryl methyl sites for hydroxylation is 1. The molecular formula is C15H25N3O2. The molecule has 0 saturated carbocycles. The highest BCUT2D eigenvalue weighted by Gasteiger charge is 2.28. The third kappa shape index (κ3) is 3.82. The quantitative estimate of drug-likeness (QED) is 0.874. The molecule has 1 aliphatic heterocycles. The van der Waals surface area contributed by atoms with E-state index in [1.165, 1.54) is 0 Å². The van der Waals surface area contributed by atoms with Gasteiger partial charge >= 0.3 is 0 Å². The van der Waals surface area contributed by atoms with Crippen LogP contribution in [0.5, 0.6) is 0 Å². The van der Waals surface area contributed by atoms with Crippen molar-refractivity contribution in [1.82, 2.24) is 14.9 Å². The Balaban J connectivity index is 1.92. The van der Waals surface area contributed by atoms with E-state index in [-0.39, 0.29) is 29.9 Å². The van der Waals surface area contributed by atoms with Crippen LogP contribution in [0.15, 0.2) is 12.4 Å². The van der Waals surface area contributed by atoms with Gasteiger partial charge in [0, 0.05) is 31.3 Å². The van der Waals surface area contributed by atoms with E-state index in [0.717, 1.165) is 25.2 Å². The van der Waals surface area contributed by atoms with Crippen LogP contribution in [0.3, 0.4) is 0 Å². The zero-order chi connectivity index (χ0) is 14.8. The van der Waals surface area contributed by atoms with E-state index in [0.29, 0.717) is 6.42 Å². The molecule has 2 unspecified atom stereocenters. The van der Waals surface area contributed by atoms with E-state index in [1.807, 2.05) is 6.20 Å². The van der Waals surface area contributed by atoms with Crippen molar-refractivity contribution in [2.24, 2.45) is 11.3 Å². The number of fused-ring (bicyclic) bond motifs is 1. The summed E-state index contributed by atoms with van der Waals surface area (Å²) >= 11 is 0. The smallest absolute Gasteiger partial charge is 0.223 e. The summed E-state index contributed by atoms with van der Waals surface area (Å²) in [6.45, 7) is 7.17. The Bertz CT molecular complexity index is 462. The van der Waals surface area contributed by atoms with Crippen molar-refractivity contribution in [2.45, 2.75) is 52.6 Å². The predicted octanol–water partition coefficient (Wildman–Crippen LogP) is 1.36. The lowest BCUT2D eigenvalue weighted by Crippen LogP contribution is -2.44. The summed E-state index contributed by atoms with van der Waals surface area (Å²) < 4.78 is 2.10. The molecule has 112 valence electrons. The van der Waals surface area contributed by atoms with E-state index in [2.05, 4.69) is 35.6 Å². The maximum absolute atomic E-state index is 12.3. The van der Waals surface area contributed by atoms with Crippen molar-refractivity contribution in [2.75, 3.05) is 6.61 Å². The van der Waals surface area contributed by atoms with Crippen LogP contribution in [-0.4, -0.2) is 33.2 Å². The van der Waals surface area contributed by atoms with Gasteiger partial charge in [0.1, 0.15) is 5.82 Å². The van der Waals surface area contributed by atoms with E-state index in [4.69, 9.17) is 0 Å². The number of imidazole rings is 1. The van der Waals surface area contributed by atoms with Gasteiger partial charge in [-0.2, -0.15) is 0 Å². The van der Waals surface area contributed by atoms with Crippen molar-refractivity contribution in [1.29, 1.82) is 0 Å². The lowest BCUT2D eigenvalue weighted by atomic mass is 9.88. The van der Waals surface area contributed by atoms with Crippen LogP contribution in [0, 0.1) is 11.3 Å². The molecular weight excluding hydrogens is 254 g/mol. The maximum atomic E-state index is 12.3. The first-order valence-corrected chi connectivity index (χ1v) is 7.30. The minimum Gasteiger partial charge on any atom is -0.394 e. The van der Waals surface area contributed by atoms with Crippen LogP contribution in [0.1, 0.15) is 39.4 Å². The Morgan fingerprint density at radius 2 is 2.35 bits per heavy atom. The largest absolute Gasteiger partial charge is 0.394 e. The van der Waals surface area contributed by atoms with E-state index in [1.54, 1.807) is 6.20 Å². The van der Waals surface area contributed by atoms with Crippen LogP contribution in [-0.2, 0) is 17.8 Å². The van der Waals surface area contributed by atoms with Crippen LogP contribution in [0.2, 0.25) is 0 Å². The number of nitrogens with zero attached hydrogens (tertiary/aromatic N) is 2. The summed E-state index contributed by atoms with van der Waals surface area (Å²) in [6, 6.07) is -0.163. The van der Waals surface area contributed by atoms with Gasteiger partial charge in [-0.25, -0.2) is 4.98 Å². The molecule has 0 aliphatic carbocycles. The van der Waals surface area contributed by atoms with Gasteiger partial charge in [0.2, 0.25) is 5.91 Å². The van der Waals surface area contributed by atoms with Gasteiger partial charge in [0.15, 0.2) is 0 Å². The van der Waals surface area contributed by atoms with Gasteiger partial charge in [0.05, 0.1) is 12.6 Å². The summed E-state index contributed by atoms with van der Waals surface area (Å²) in [7, 11) is 0. The second kappa shape index (κ2) is 5.95. The molecule has 20 heavy (non-hydrogen) atoms. The number of aromatic nitrogens is 2. The zero-order valence-corrected chi connectivity index (χ0v) is 12.6. The Labute approximate surface area is 120 Å². The maximum Gasteiger partial charge on any atom is 0.223 e. The van der Waals surface area contributed by atoms with Crippen molar-refractivity contribution < 1.29 is 9.90 Å². The second-order valence-corrected chi connectivity index (χ2v) is 6.88. The topological polar surface area (TPSA) is 67.2 Å². The molecule has 5 heteroatoms. The summed E-state index contributed by atoms with van der Waals surface area (Å²) in [5.74, 6) is 0.995. The molecule has 1 aromatic heterocycles. The highest BCUT2D eigenvalue weighted by molar-refractivity contribution is 5.79. The number of rotatable bonds is 4. The molecule has 0 saturated heterocycles. The molecule has 0 spiro atoms. The highest BCUT2D eigenvalue weighted by atomic mass is 16.3. The summed E-state index contributed by atoms with van der Waals surface area (Å²) in [5, 5.41) is 12.4. The molecule has 5 nitrogen and oxygen atoms in total. The number of aliphatic hydroxyl groups excluding tert-OH is 1. The van der Waals surface area contributed by atoms with Gasteiger partial charge < -0.3 is 15.0 Å². The molecule has 2 rings (SSSR count). The number of amides is 1. The summed E-state index contributed by atoms with van der Waals surface area (Å²) in [6.07, 6.45) is 6.04. The first-order chi connectivity index (χ1) is 9.39. The Hall–Kier alpha value is -1.36. The highest BCUT2D eigenvalue weighted by Crippen LogP contribution is 2.22. The van der Waals surface area contributed by atoms with Crippen molar-refractivity contribution in [3.63, 3.8) is 0 Å². The number of carbonyl (C=O) groups excluding carboxylic acids is 1. The van der Waals surface area contributed by atoms with Gasteiger partial charge in [-0.05, 0) is 18.3 Å². The normalized spacial score (nSPS) is 20.3. The monoisotopic (exact) mass is 279 g/mol. The molecule has 2 N–H and O–H groups in total. The number of nitrogens with one attached hydrogen (secondary N) is 1. The zero-order valence-electron chi connectivity index (χ0n) is 12.6. The van der Waals surface area contributed by atoms with Gasteiger partial charge in [0.25, 0.3) is 0 Å². The fourth-order valence-corrected chi connectivity index (χ4v) is 2.79. The summed E-state index contributed by atoms with van der Waals surface area (Å²) in [4.78, 5) is 16.6. The van der Waals surface area contributed by atoms with Crippen LogP contribution >= 0.6 is 0 Å². The molecule has 1 aliphatic rings. The lowest BCUT2D eigenvalue weighted by molar-refractivity contribution is -0.126. The first-order valence-electron chi connectivity index (χ1n) is 7.30. The van der Waals surface area contributed by atoms with Crippen molar-refractivity contribution in [3.05, 3.63) is 18.2 Å². The molecule has 1 aromatic rings. The molecule has 1 amide bonds. The summed E-state index contributed by atoms with van der Waals surface area (Å²) in [5.41, 5.74) is 0.0868. The average Bonchev–Trinajstić information content (AvgIpc) is 2.83. The minimum atomic E-state index is -0.163. The van der Waals surface area contributed by atoms with E-state index in [9.17, 15) is 9.90 Å². The van der Waals surface area contributed by atoms with Crippen molar-refractivity contribution >= 4 is 5.91 Å². The fraction of sp³-hybridized carbons (Fsp3) is 0.733. The molecule has 0 radical (unpaired) electrons. The molecule has 0 bridgehead atoms. The fourth-order valence-electron chi connectivity index (χ4n) is 2.79. The molecule has 0 fully saturated rings. The lowest BCUT2D eigenvalue weighted by Gasteiger charge is -2.28. The van der Waals surface area contributed by atoms with Crippen LogP contribution < -0.4 is 5.32 Å². The van der Waals surface area contributed by atoms with Crippen LogP contribution in [0.4, 0.5) is 0 Å². The third-order valence-corrected chi connectivity index (χ3v) is 3.75. The first kappa shape index (κ1) is 15.0. The number of aliphatic hydroxyl groups is 1. The third-order valence-electron chi connectivity index (χ3n) is 3.75. The van der Waals surface area contributed by atoms with Crippen molar-refractivity contribution in [3.8, 4) is 0 Å². The van der Waals surface area contributed by atoms with Gasteiger partial charge in [-0.1, -0.05) is 20.8 Å². The molecule has 2 heterocycles. The van der Waals surface area contributed by atoms with E-state index < -0.39 is 0 Å². The standard InChI is InChI=1S/C15H25N3O2/c1-15(2,3)9-12(10-19)17-14(20)11-4-6-18-7-5-16-13(18)8-11/h5,7,11-12,19H,4,6,8-10H2,1-3H3,(H,17,20). The predicted molar refractivity (Wildman–Crippen MR) is 77.1 cm³/mol. The second-order valence-electron chi connectivity index (χ2n) is 6.88. The Kier molecular flexibility index (Phi) is 4.48. The minimum absolute atomic E-state index is 0.00957. The Morgan fingerprint density at radius 3 is 3.00 bits per heavy atom. The number of carbonyl (C=O) groups is 1. The van der Waals surface area contributed by atoms with Gasteiger partial charge in [-0.3, -0.25) is 4.79 Å². The average molecular weight is 279 g/mol. The number of hydrogen-bond donors (Lipinski definition) is 2. The molecule has 0 aromatic carbocycles. The van der Waals surface area contributed by atoms with Crippen LogP contribution in [0.25, 0.3) is 0 Å². The van der Waals surface area contributed by atoms with Gasteiger partial charge in [-0.15, -0.1) is 0 Å².